The summed E-state index contributed by atoms with van der Waals surface area (Å²) >= 11 is 3.38. The van der Waals surface area contributed by atoms with Gasteiger partial charge in [-0.05, 0) is 57.2 Å². The lowest BCUT2D eigenvalue weighted by Gasteiger charge is -2.21. The van der Waals surface area contributed by atoms with Gasteiger partial charge in [0, 0.05) is 23.1 Å². The molecule has 1 unspecified atom stereocenters. The topological polar surface area (TPSA) is 67.2 Å². The third kappa shape index (κ3) is 4.67. The van der Waals surface area contributed by atoms with E-state index in [2.05, 4.69) is 21.2 Å². The summed E-state index contributed by atoms with van der Waals surface area (Å²) in [5.74, 6) is 0.515. The second kappa shape index (κ2) is 9.22. The highest BCUT2D eigenvalue weighted by atomic mass is 79.9. The van der Waals surface area contributed by atoms with Crippen molar-refractivity contribution < 1.29 is 9.59 Å². The molecule has 0 fully saturated rings. The Bertz CT molecular complexity index is 1010. The quantitative estimate of drug-likeness (QED) is 0.580. The van der Waals surface area contributed by atoms with Crippen LogP contribution in [0.25, 0.3) is 11.0 Å². The fraction of sp³-hybridized carbons (Fsp3) is 0.318. The number of imidazole rings is 1. The van der Waals surface area contributed by atoms with E-state index in [1.165, 1.54) is 0 Å². The van der Waals surface area contributed by atoms with Gasteiger partial charge in [-0.1, -0.05) is 28.1 Å². The molecule has 2 aromatic carbocycles. The fourth-order valence-corrected chi connectivity index (χ4v) is 3.61. The molecule has 3 rings (SSSR count). The van der Waals surface area contributed by atoms with E-state index in [0.717, 1.165) is 15.5 Å². The molecule has 0 aliphatic heterocycles. The van der Waals surface area contributed by atoms with Gasteiger partial charge in [-0.2, -0.15) is 0 Å². The molecule has 3 aromatic rings. The summed E-state index contributed by atoms with van der Waals surface area (Å²) in [6, 6.07) is 14.5. The first-order valence-corrected chi connectivity index (χ1v) is 10.5. The first kappa shape index (κ1) is 21.0. The average molecular weight is 457 g/mol. The van der Waals surface area contributed by atoms with Crippen molar-refractivity contribution in [1.29, 1.82) is 0 Å². The van der Waals surface area contributed by atoms with Crippen molar-refractivity contribution in [2.24, 2.45) is 0 Å². The maximum absolute atomic E-state index is 12.8. The van der Waals surface area contributed by atoms with Gasteiger partial charge in [0.1, 0.15) is 12.4 Å². The lowest BCUT2D eigenvalue weighted by molar-refractivity contribution is -0.131. The van der Waals surface area contributed by atoms with E-state index in [1.54, 1.807) is 17.0 Å². The summed E-state index contributed by atoms with van der Waals surface area (Å²) in [5.41, 5.74) is 2.26. The molecule has 0 saturated carbocycles. The molecule has 1 atom stereocenters. The Morgan fingerprint density at radius 1 is 1.10 bits per heavy atom. The Hall–Kier alpha value is -2.67. The van der Waals surface area contributed by atoms with Crippen LogP contribution >= 0.6 is 15.9 Å². The Balaban J connectivity index is 1.90. The Labute approximate surface area is 179 Å². The second-order valence-electron chi connectivity index (χ2n) is 6.81. The normalized spacial score (nSPS) is 12.0. The first-order valence-electron chi connectivity index (χ1n) is 9.74. The number of halogens is 1. The summed E-state index contributed by atoms with van der Waals surface area (Å²) in [7, 11) is 0. The lowest BCUT2D eigenvalue weighted by Crippen LogP contribution is -2.35. The van der Waals surface area contributed by atoms with Gasteiger partial charge in [-0.3, -0.25) is 9.59 Å². The average Bonchev–Trinajstić information content (AvgIpc) is 3.08. The molecule has 0 aliphatic carbocycles. The number of nitrogens with one attached hydrogen (secondary N) is 1. The second-order valence-corrected chi connectivity index (χ2v) is 7.73. The number of benzene rings is 2. The molecule has 29 heavy (non-hydrogen) atoms. The molecule has 1 heterocycles. The largest absolute Gasteiger partial charge is 0.342 e. The van der Waals surface area contributed by atoms with Crippen LogP contribution < -0.4 is 5.32 Å². The van der Waals surface area contributed by atoms with E-state index in [9.17, 15) is 9.59 Å². The number of fused-ring (bicyclic) bond motifs is 1. The van der Waals surface area contributed by atoms with Crippen LogP contribution in [-0.4, -0.2) is 39.4 Å². The number of rotatable bonds is 7. The van der Waals surface area contributed by atoms with Crippen LogP contribution in [0.3, 0.4) is 0 Å². The molecule has 7 heteroatoms. The van der Waals surface area contributed by atoms with Crippen molar-refractivity contribution in [2.45, 2.75) is 33.4 Å². The predicted octanol–water partition coefficient (Wildman–Crippen LogP) is 4.16. The molecular formula is C22H25BrN4O2. The third-order valence-electron chi connectivity index (χ3n) is 4.93. The van der Waals surface area contributed by atoms with Crippen molar-refractivity contribution in [3.8, 4) is 0 Å². The smallest absolute Gasteiger partial charge is 0.251 e. The molecule has 0 saturated heterocycles. The van der Waals surface area contributed by atoms with Crippen LogP contribution in [-0.2, 0) is 11.3 Å². The molecular weight excluding hydrogens is 432 g/mol. The van der Waals surface area contributed by atoms with E-state index in [4.69, 9.17) is 4.98 Å². The zero-order chi connectivity index (χ0) is 21.0. The minimum absolute atomic E-state index is 0.0332. The fourth-order valence-electron chi connectivity index (χ4n) is 3.35. The van der Waals surface area contributed by atoms with Crippen molar-refractivity contribution in [1.82, 2.24) is 19.8 Å². The Morgan fingerprint density at radius 3 is 2.41 bits per heavy atom. The maximum atomic E-state index is 12.8. The minimum atomic E-state index is -0.358. The standard InChI is InChI=1S/C22H25BrN4O2/c1-4-26(5-2)20(28)14-27-19-9-7-6-8-18(19)25-21(27)15(3)24-22(29)16-10-12-17(23)13-11-16/h6-13,15H,4-5,14H2,1-3H3,(H,24,29). The monoisotopic (exact) mass is 456 g/mol. The zero-order valence-electron chi connectivity index (χ0n) is 16.9. The molecule has 0 aliphatic rings. The third-order valence-corrected chi connectivity index (χ3v) is 5.46. The van der Waals surface area contributed by atoms with Gasteiger partial charge in [0.25, 0.3) is 5.91 Å². The van der Waals surface area contributed by atoms with Crippen LogP contribution in [0.1, 0.15) is 43.0 Å². The van der Waals surface area contributed by atoms with Gasteiger partial charge >= 0.3 is 0 Å². The van der Waals surface area contributed by atoms with Gasteiger partial charge in [-0.15, -0.1) is 0 Å². The predicted molar refractivity (Wildman–Crippen MR) is 118 cm³/mol. The number of hydrogen-bond donors (Lipinski definition) is 1. The van der Waals surface area contributed by atoms with Gasteiger partial charge in [-0.25, -0.2) is 4.98 Å². The number of para-hydroxylation sites is 2. The van der Waals surface area contributed by atoms with Crippen LogP contribution in [0.15, 0.2) is 53.0 Å². The number of nitrogens with zero attached hydrogens (tertiary/aromatic N) is 3. The van der Waals surface area contributed by atoms with Crippen molar-refractivity contribution in [3.05, 3.63) is 64.4 Å². The highest BCUT2D eigenvalue weighted by Crippen LogP contribution is 2.22. The summed E-state index contributed by atoms with van der Waals surface area (Å²) < 4.78 is 2.82. The van der Waals surface area contributed by atoms with Gasteiger partial charge < -0.3 is 14.8 Å². The van der Waals surface area contributed by atoms with Gasteiger partial charge in [0.15, 0.2) is 0 Å². The molecule has 6 nitrogen and oxygen atoms in total. The summed E-state index contributed by atoms with van der Waals surface area (Å²) in [4.78, 5) is 31.9. The van der Waals surface area contributed by atoms with Crippen molar-refractivity contribution in [2.75, 3.05) is 13.1 Å². The first-order chi connectivity index (χ1) is 13.9. The number of amides is 2. The zero-order valence-corrected chi connectivity index (χ0v) is 18.4. The summed E-state index contributed by atoms with van der Waals surface area (Å²) in [6.07, 6.45) is 0. The molecule has 1 aromatic heterocycles. The van der Waals surface area contributed by atoms with Crippen LogP contribution in [0, 0.1) is 0 Å². The molecule has 152 valence electrons. The van der Waals surface area contributed by atoms with E-state index in [1.807, 2.05) is 61.7 Å². The van der Waals surface area contributed by atoms with E-state index < -0.39 is 0 Å². The van der Waals surface area contributed by atoms with E-state index in [0.29, 0.717) is 24.5 Å². The number of hydrogen-bond acceptors (Lipinski definition) is 3. The molecule has 0 radical (unpaired) electrons. The SMILES string of the molecule is CCN(CC)C(=O)Cn1c(C(C)NC(=O)c2ccc(Br)cc2)nc2ccccc21. The van der Waals surface area contributed by atoms with Gasteiger partial charge in [0.2, 0.25) is 5.91 Å². The van der Waals surface area contributed by atoms with Crippen LogP contribution in [0.5, 0.6) is 0 Å². The highest BCUT2D eigenvalue weighted by Gasteiger charge is 2.21. The molecule has 0 spiro atoms. The molecule has 1 N–H and O–H groups in total. The highest BCUT2D eigenvalue weighted by molar-refractivity contribution is 9.10. The number of aromatic nitrogens is 2. The van der Waals surface area contributed by atoms with Crippen LogP contribution in [0.2, 0.25) is 0 Å². The lowest BCUT2D eigenvalue weighted by atomic mass is 10.2. The summed E-state index contributed by atoms with van der Waals surface area (Å²) in [6.45, 7) is 7.33. The van der Waals surface area contributed by atoms with Crippen LogP contribution in [0.4, 0.5) is 0 Å². The van der Waals surface area contributed by atoms with Crippen molar-refractivity contribution in [3.63, 3.8) is 0 Å². The minimum Gasteiger partial charge on any atom is -0.342 e. The van der Waals surface area contributed by atoms with Gasteiger partial charge in [0.05, 0.1) is 17.1 Å². The number of carbonyl (C=O) groups is 2. The molecule has 2 amide bonds. The Morgan fingerprint density at radius 2 is 1.76 bits per heavy atom. The van der Waals surface area contributed by atoms with Crippen molar-refractivity contribution >= 4 is 38.8 Å². The van der Waals surface area contributed by atoms with E-state index in [-0.39, 0.29) is 24.4 Å². The van der Waals surface area contributed by atoms with E-state index >= 15 is 0 Å². The number of likely N-dealkylation sites (N-methyl/N-ethyl adjacent to an activating group) is 1. The summed E-state index contributed by atoms with van der Waals surface area (Å²) in [5, 5.41) is 3.00. The number of carbonyl (C=O) groups excluding carboxylic acids is 2. The molecule has 0 bridgehead atoms. The Kier molecular flexibility index (Phi) is 6.69. The maximum Gasteiger partial charge on any atom is 0.251 e.